The van der Waals surface area contributed by atoms with Gasteiger partial charge in [0.1, 0.15) is 0 Å². The minimum absolute atomic E-state index is 0.528. The van der Waals surface area contributed by atoms with Gasteiger partial charge in [0.2, 0.25) is 0 Å². The minimum Gasteiger partial charge on any atom is -0.383 e. The van der Waals surface area contributed by atoms with Gasteiger partial charge in [0.15, 0.2) is 0 Å². The van der Waals surface area contributed by atoms with E-state index in [1.807, 2.05) is 0 Å². The fourth-order valence-electron chi connectivity index (χ4n) is 2.16. The van der Waals surface area contributed by atoms with Gasteiger partial charge in [-0.05, 0) is 65.0 Å². The van der Waals surface area contributed by atoms with Crippen molar-refractivity contribution in [3.63, 3.8) is 0 Å². The highest BCUT2D eigenvalue weighted by Gasteiger charge is 2.41. The van der Waals surface area contributed by atoms with Crippen molar-refractivity contribution in [1.82, 2.24) is 5.32 Å². The monoisotopic (exact) mass is 345 g/mol. The predicted octanol–water partition coefficient (Wildman–Crippen LogP) is 2.85. The largest absolute Gasteiger partial charge is 0.383 e. The van der Waals surface area contributed by atoms with Gasteiger partial charge in [0.05, 0.1) is 6.61 Å². The van der Waals surface area contributed by atoms with Crippen molar-refractivity contribution in [2.45, 2.75) is 19.3 Å². The molecule has 1 aliphatic rings. The molecule has 0 bridgehead atoms. The molecule has 1 saturated carbocycles. The van der Waals surface area contributed by atoms with Crippen LogP contribution in [0.25, 0.3) is 0 Å². The fourth-order valence-corrected chi connectivity index (χ4v) is 2.52. The van der Waals surface area contributed by atoms with E-state index in [0.29, 0.717) is 5.41 Å². The molecule has 17 heavy (non-hydrogen) atoms. The zero-order chi connectivity index (χ0) is 12.1. The molecule has 0 saturated heterocycles. The van der Waals surface area contributed by atoms with Crippen LogP contribution in [-0.2, 0) is 11.2 Å². The third-order valence-electron chi connectivity index (χ3n) is 3.43. The lowest BCUT2D eigenvalue weighted by Crippen LogP contribution is -2.28. The molecule has 2 rings (SSSR count). The van der Waals surface area contributed by atoms with E-state index in [-0.39, 0.29) is 0 Å². The van der Waals surface area contributed by atoms with E-state index in [4.69, 9.17) is 4.74 Å². The van der Waals surface area contributed by atoms with Crippen LogP contribution in [0.4, 0.5) is 0 Å². The average Bonchev–Trinajstić information content (AvgIpc) is 3.08. The molecule has 0 radical (unpaired) electrons. The fraction of sp³-hybridized carbons (Fsp3) is 0.571. The van der Waals surface area contributed by atoms with Crippen molar-refractivity contribution in [3.8, 4) is 0 Å². The van der Waals surface area contributed by atoms with Gasteiger partial charge in [-0.25, -0.2) is 0 Å². The van der Waals surface area contributed by atoms with E-state index in [1.165, 1.54) is 28.4 Å². The van der Waals surface area contributed by atoms with Crippen molar-refractivity contribution >= 4 is 22.6 Å². The first kappa shape index (κ1) is 13.3. The molecule has 0 aliphatic heterocycles. The Morgan fingerprint density at radius 3 is 2.59 bits per heavy atom. The maximum atomic E-state index is 5.05. The summed E-state index contributed by atoms with van der Waals surface area (Å²) < 4.78 is 6.36. The first-order valence-corrected chi connectivity index (χ1v) is 7.26. The van der Waals surface area contributed by atoms with Crippen LogP contribution in [0.5, 0.6) is 0 Å². The second-order valence-electron chi connectivity index (χ2n) is 4.97. The Hall–Kier alpha value is -0.130. The number of halogens is 1. The van der Waals surface area contributed by atoms with Crippen LogP contribution in [0, 0.1) is 8.99 Å². The number of methoxy groups -OCH3 is 1. The molecule has 1 fully saturated rings. The second-order valence-corrected chi connectivity index (χ2v) is 6.22. The first-order valence-electron chi connectivity index (χ1n) is 6.18. The molecule has 0 spiro atoms. The molecule has 0 heterocycles. The SMILES string of the molecule is COCCNCC1(Cc2ccc(I)cc2)CC1. The summed E-state index contributed by atoms with van der Waals surface area (Å²) in [6.07, 6.45) is 3.93. The molecule has 0 atom stereocenters. The van der Waals surface area contributed by atoms with E-state index < -0.39 is 0 Å². The summed E-state index contributed by atoms with van der Waals surface area (Å²) >= 11 is 2.35. The molecule has 1 N–H and O–H groups in total. The number of nitrogens with one attached hydrogen (secondary N) is 1. The average molecular weight is 345 g/mol. The lowest BCUT2D eigenvalue weighted by molar-refractivity contribution is 0.197. The quantitative estimate of drug-likeness (QED) is 0.606. The summed E-state index contributed by atoms with van der Waals surface area (Å²) in [7, 11) is 1.75. The topological polar surface area (TPSA) is 21.3 Å². The molecule has 0 aromatic heterocycles. The molecule has 1 aromatic rings. The van der Waals surface area contributed by atoms with Crippen LogP contribution in [0.3, 0.4) is 0 Å². The number of rotatable bonds is 7. The van der Waals surface area contributed by atoms with Gasteiger partial charge in [0.25, 0.3) is 0 Å². The third kappa shape index (κ3) is 4.23. The van der Waals surface area contributed by atoms with Gasteiger partial charge in [-0.1, -0.05) is 12.1 Å². The summed E-state index contributed by atoms with van der Waals surface area (Å²) in [5.41, 5.74) is 2.00. The molecule has 2 nitrogen and oxygen atoms in total. The van der Waals surface area contributed by atoms with Crippen LogP contribution in [0.2, 0.25) is 0 Å². The Bertz CT molecular complexity index is 346. The van der Waals surface area contributed by atoms with Crippen LogP contribution < -0.4 is 5.32 Å². The molecule has 94 valence electrons. The minimum atomic E-state index is 0.528. The van der Waals surface area contributed by atoms with Crippen LogP contribution in [0.1, 0.15) is 18.4 Å². The standard InChI is InChI=1S/C14H20INO/c1-17-9-8-16-11-14(6-7-14)10-12-2-4-13(15)5-3-12/h2-5,16H,6-11H2,1H3. The Morgan fingerprint density at radius 1 is 1.29 bits per heavy atom. The zero-order valence-corrected chi connectivity index (χ0v) is 12.5. The van der Waals surface area contributed by atoms with Crippen LogP contribution in [0.15, 0.2) is 24.3 Å². The van der Waals surface area contributed by atoms with Crippen LogP contribution in [-0.4, -0.2) is 26.8 Å². The van der Waals surface area contributed by atoms with Crippen molar-refractivity contribution in [2.24, 2.45) is 5.41 Å². The van der Waals surface area contributed by atoms with Gasteiger partial charge in [-0.2, -0.15) is 0 Å². The highest BCUT2D eigenvalue weighted by molar-refractivity contribution is 14.1. The number of hydrogen-bond acceptors (Lipinski definition) is 2. The zero-order valence-electron chi connectivity index (χ0n) is 10.3. The molecule has 3 heteroatoms. The predicted molar refractivity (Wildman–Crippen MR) is 79.3 cm³/mol. The summed E-state index contributed by atoms with van der Waals surface area (Å²) in [5.74, 6) is 0. The van der Waals surface area contributed by atoms with E-state index >= 15 is 0 Å². The van der Waals surface area contributed by atoms with Crippen molar-refractivity contribution < 1.29 is 4.74 Å². The maximum Gasteiger partial charge on any atom is 0.0587 e. The normalized spacial score (nSPS) is 17.1. The Labute approximate surface area is 117 Å². The number of ether oxygens (including phenoxy) is 1. The second kappa shape index (κ2) is 6.16. The maximum absolute atomic E-state index is 5.05. The lowest BCUT2D eigenvalue weighted by atomic mass is 9.96. The van der Waals surface area contributed by atoms with E-state index in [0.717, 1.165) is 19.7 Å². The molecule has 1 aliphatic carbocycles. The molecule has 0 unspecified atom stereocenters. The highest BCUT2D eigenvalue weighted by Crippen LogP contribution is 2.47. The van der Waals surface area contributed by atoms with Gasteiger partial charge < -0.3 is 10.1 Å². The number of hydrogen-bond donors (Lipinski definition) is 1. The summed E-state index contributed by atoms with van der Waals surface area (Å²) in [4.78, 5) is 0. The van der Waals surface area contributed by atoms with Gasteiger partial charge in [-0.3, -0.25) is 0 Å². The third-order valence-corrected chi connectivity index (χ3v) is 4.15. The van der Waals surface area contributed by atoms with Gasteiger partial charge in [-0.15, -0.1) is 0 Å². The van der Waals surface area contributed by atoms with E-state index in [1.54, 1.807) is 7.11 Å². The Morgan fingerprint density at radius 2 is 2.00 bits per heavy atom. The first-order chi connectivity index (χ1) is 8.24. The summed E-state index contributed by atoms with van der Waals surface area (Å²) in [6.45, 7) is 2.90. The van der Waals surface area contributed by atoms with Gasteiger partial charge in [0, 0.05) is 23.8 Å². The van der Waals surface area contributed by atoms with Crippen molar-refractivity contribution in [2.75, 3.05) is 26.8 Å². The van der Waals surface area contributed by atoms with Gasteiger partial charge >= 0.3 is 0 Å². The Kier molecular flexibility index (Phi) is 4.82. The smallest absolute Gasteiger partial charge is 0.0587 e. The summed E-state index contributed by atoms with van der Waals surface area (Å²) in [6, 6.07) is 8.92. The van der Waals surface area contributed by atoms with Crippen molar-refractivity contribution in [3.05, 3.63) is 33.4 Å². The van der Waals surface area contributed by atoms with Crippen LogP contribution >= 0.6 is 22.6 Å². The number of benzene rings is 1. The molecule has 1 aromatic carbocycles. The van der Waals surface area contributed by atoms with E-state index in [9.17, 15) is 0 Å². The Balaban J connectivity index is 1.79. The van der Waals surface area contributed by atoms with E-state index in [2.05, 4.69) is 52.2 Å². The summed E-state index contributed by atoms with van der Waals surface area (Å²) in [5, 5.41) is 3.49. The molecular weight excluding hydrogens is 325 g/mol. The van der Waals surface area contributed by atoms with Crippen molar-refractivity contribution in [1.29, 1.82) is 0 Å². The molecular formula is C14H20INO. The highest BCUT2D eigenvalue weighted by atomic mass is 127. The molecule has 0 amide bonds. The lowest BCUT2D eigenvalue weighted by Gasteiger charge is -2.16.